The average Bonchev–Trinajstić information content (AvgIpc) is 2.53. The van der Waals surface area contributed by atoms with Gasteiger partial charge in [-0.1, -0.05) is 30.3 Å². The first-order valence-electron chi connectivity index (χ1n) is 7.18. The van der Waals surface area contributed by atoms with Crippen LogP contribution in [0.5, 0.6) is 0 Å². The normalized spacial score (nSPS) is 20.4. The fourth-order valence-electron chi connectivity index (χ4n) is 2.86. The summed E-state index contributed by atoms with van der Waals surface area (Å²) in [5.41, 5.74) is 0.979. The number of likely N-dealkylation sites (tertiary alicyclic amines) is 1. The molecule has 0 bridgehead atoms. The predicted octanol–water partition coefficient (Wildman–Crippen LogP) is 1.99. The van der Waals surface area contributed by atoms with Gasteiger partial charge in [-0.25, -0.2) is 0 Å². The molecule has 0 radical (unpaired) electrons. The van der Waals surface area contributed by atoms with E-state index in [0.29, 0.717) is 0 Å². The average molecular weight is 277 g/mol. The van der Waals surface area contributed by atoms with Crippen LogP contribution < -0.4 is 0 Å². The highest BCUT2D eigenvalue weighted by Crippen LogP contribution is 2.31. The van der Waals surface area contributed by atoms with Crippen LogP contribution in [0.2, 0.25) is 0 Å². The fourth-order valence-corrected chi connectivity index (χ4v) is 2.86. The maximum absolute atomic E-state index is 11.5. The maximum Gasteiger partial charge on any atom is 0.322 e. The van der Waals surface area contributed by atoms with Gasteiger partial charge in [-0.05, 0) is 44.3 Å². The van der Waals surface area contributed by atoms with E-state index in [2.05, 4.69) is 4.90 Å². The second-order valence-corrected chi connectivity index (χ2v) is 5.43. The zero-order valence-corrected chi connectivity index (χ0v) is 12.2. The van der Waals surface area contributed by atoms with Crippen LogP contribution in [0.3, 0.4) is 0 Å². The molecule has 0 spiro atoms. The van der Waals surface area contributed by atoms with Crippen molar-refractivity contribution in [1.29, 1.82) is 0 Å². The summed E-state index contributed by atoms with van der Waals surface area (Å²) >= 11 is 0. The number of aliphatic hydroxyl groups excluding tert-OH is 1. The number of nitrogens with zero attached hydrogens (tertiary/aromatic N) is 1. The number of carbonyl (C=O) groups is 1. The number of esters is 1. The summed E-state index contributed by atoms with van der Waals surface area (Å²) < 4.78 is 4.78. The van der Waals surface area contributed by atoms with E-state index >= 15 is 0 Å². The number of piperidine rings is 1. The van der Waals surface area contributed by atoms with Gasteiger partial charge in [0.15, 0.2) is 0 Å². The molecule has 1 fully saturated rings. The summed E-state index contributed by atoms with van der Waals surface area (Å²) in [6.07, 6.45) is 1.39. The topological polar surface area (TPSA) is 49.8 Å². The number of hydrogen-bond acceptors (Lipinski definition) is 4. The van der Waals surface area contributed by atoms with Gasteiger partial charge in [0.05, 0.1) is 13.2 Å². The van der Waals surface area contributed by atoms with E-state index in [1.165, 1.54) is 7.11 Å². The van der Waals surface area contributed by atoms with E-state index in [1.54, 1.807) is 0 Å². The summed E-state index contributed by atoms with van der Waals surface area (Å²) in [7, 11) is 1.42. The van der Waals surface area contributed by atoms with Crippen molar-refractivity contribution in [3.8, 4) is 0 Å². The minimum atomic E-state index is -0.410. The van der Waals surface area contributed by atoms with Crippen LogP contribution in [0.4, 0.5) is 0 Å². The summed E-state index contributed by atoms with van der Waals surface area (Å²) in [5.74, 6) is 0.0746. The van der Waals surface area contributed by atoms with Crippen molar-refractivity contribution in [3.05, 3.63) is 35.9 Å². The van der Waals surface area contributed by atoms with Crippen molar-refractivity contribution in [1.82, 2.24) is 4.90 Å². The Labute approximate surface area is 120 Å². The molecular weight excluding hydrogens is 254 g/mol. The standard InChI is InChI=1S/C16H23NO3/c1-12(16(19)20-2)17-10-8-14(9-11-17)15(18)13-6-4-3-5-7-13/h3-7,12,14-15,18H,8-11H2,1-2H3. The summed E-state index contributed by atoms with van der Waals surface area (Å²) in [6, 6.07) is 9.59. The molecule has 1 aliphatic heterocycles. The third kappa shape index (κ3) is 3.38. The molecule has 1 aliphatic rings. The van der Waals surface area contributed by atoms with Crippen molar-refractivity contribution in [2.24, 2.45) is 5.92 Å². The van der Waals surface area contributed by atoms with E-state index < -0.39 is 6.10 Å². The summed E-state index contributed by atoms with van der Waals surface area (Å²) in [5, 5.41) is 10.4. The lowest BCUT2D eigenvalue weighted by Gasteiger charge is -2.36. The molecule has 1 saturated heterocycles. The highest BCUT2D eigenvalue weighted by atomic mass is 16.5. The number of benzene rings is 1. The van der Waals surface area contributed by atoms with E-state index in [9.17, 15) is 9.90 Å². The third-order valence-corrected chi connectivity index (χ3v) is 4.25. The molecule has 0 aliphatic carbocycles. The third-order valence-electron chi connectivity index (χ3n) is 4.25. The van der Waals surface area contributed by atoms with Gasteiger partial charge >= 0.3 is 5.97 Å². The van der Waals surface area contributed by atoms with Gasteiger partial charge in [0.25, 0.3) is 0 Å². The Bertz CT molecular complexity index is 427. The van der Waals surface area contributed by atoms with E-state index in [-0.39, 0.29) is 17.9 Å². The highest BCUT2D eigenvalue weighted by Gasteiger charge is 2.30. The second-order valence-electron chi connectivity index (χ2n) is 5.43. The molecule has 2 unspecified atom stereocenters. The molecule has 110 valence electrons. The molecule has 1 N–H and O–H groups in total. The quantitative estimate of drug-likeness (QED) is 0.855. The minimum Gasteiger partial charge on any atom is -0.468 e. The number of rotatable bonds is 4. The number of ether oxygens (including phenoxy) is 1. The maximum atomic E-state index is 11.5. The lowest BCUT2D eigenvalue weighted by molar-refractivity contribution is -0.147. The molecule has 1 aromatic rings. The zero-order chi connectivity index (χ0) is 14.5. The van der Waals surface area contributed by atoms with Gasteiger partial charge in [0, 0.05) is 0 Å². The Morgan fingerprint density at radius 2 is 1.90 bits per heavy atom. The second kappa shape index (κ2) is 6.86. The molecule has 2 atom stereocenters. The number of hydrogen-bond donors (Lipinski definition) is 1. The molecule has 20 heavy (non-hydrogen) atoms. The number of carbonyl (C=O) groups excluding carboxylic acids is 1. The van der Waals surface area contributed by atoms with Gasteiger partial charge in [-0.2, -0.15) is 0 Å². The van der Waals surface area contributed by atoms with Crippen LogP contribution in [0.25, 0.3) is 0 Å². The van der Waals surface area contributed by atoms with Crippen molar-refractivity contribution in [2.75, 3.05) is 20.2 Å². The van der Waals surface area contributed by atoms with Crippen LogP contribution in [0.1, 0.15) is 31.4 Å². The van der Waals surface area contributed by atoms with Gasteiger partial charge in [-0.3, -0.25) is 9.69 Å². The zero-order valence-electron chi connectivity index (χ0n) is 12.2. The minimum absolute atomic E-state index is 0.188. The van der Waals surface area contributed by atoms with Crippen LogP contribution in [0, 0.1) is 5.92 Å². The Balaban J connectivity index is 1.90. The van der Waals surface area contributed by atoms with Crippen LogP contribution >= 0.6 is 0 Å². The molecule has 2 rings (SSSR count). The molecule has 1 aromatic carbocycles. The molecule has 0 aromatic heterocycles. The Morgan fingerprint density at radius 1 is 1.30 bits per heavy atom. The first-order valence-corrected chi connectivity index (χ1v) is 7.18. The van der Waals surface area contributed by atoms with E-state index in [0.717, 1.165) is 31.5 Å². The molecule has 4 nitrogen and oxygen atoms in total. The first-order chi connectivity index (χ1) is 9.63. The predicted molar refractivity (Wildman–Crippen MR) is 77.2 cm³/mol. The smallest absolute Gasteiger partial charge is 0.322 e. The van der Waals surface area contributed by atoms with Gasteiger partial charge in [-0.15, -0.1) is 0 Å². The van der Waals surface area contributed by atoms with Gasteiger partial charge < -0.3 is 9.84 Å². The molecule has 0 saturated carbocycles. The highest BCUT2D eigenvalue weighted by molar-refractivity contribution is 5.75. The number of aliphatic hydroxyl groups is 1. The van der Waals surface area contributed by atoms with Gasteiger partial charge in [0.2, 0.25) is 0 Å². The Morgan fingerprint density at radius 3 is 2.45 bits per heavy atom. The lowest BCUT2D eigenvalue weighted by Crippen LogP contribution is -2.45. The van der Waals surface area contributed by atoms with Crippen molar-refractivity contribution >= 4 is 5.97 Å². The summed E-state index contributed by atoms with van der Waals surface area (Å²) in [6.45, 7) is 3.52. The SMILES string of the molecule is COC(=O)C(C)N1CCC(C(O)c2ccccc2)CC1. The summed E-state index contributed by atoms with van der Waals surface area (Å²) in [4.78, 5) is 13.7. The Hall–Kier alpha value is -1.39. The largest absolute Gasteiger partial charge is 0.468 e. The van der Waals surface area contributed by atoms with Crippen LogP contribution in [-0.4, -0.2) is 42.2 Å². The fraction of sp³-hybridized carbons (Fsp3) is 0.562. The number of methoxy groups -OCH3 is 1. The van der Waals surface area contributed by atoms with Crippen molar-refractivity contribution in [2.45, 2.75) is 31.9 Å². The monoisotopic (exact) mass is 277 g/mol. The Kier molecular flexibility index (Phi) is 5.15. The molecule has 4 heteroatoms. The molecular formula is C16H23NO3. The van der Waals surface area contributed by atoms with E-state index in [1.807, 2.05) is 37.3 Å². The van der Waals surface area contributed by atoms with Crippen LogP contribution in [-0.2, 0) is 9.53 Å². The molecule has 0 amide bonds. The lowest BCUT2D eigenvalue weighted by atomic mass is 9.87. The van der Waals surface area contributed by atoms with E-state index in [4.69, 9.17) is 4.74 Å². The molecule has 1 heterocycles. The van der Waals surface area contributed by atoms with Crippen molar-refractivity contribution < 1.29 is 14.6 Å². The van der Waals surface area contributed by atoms with Crippen LogP contribution in [0.15, 0.2) is 30.3 Å². The van der Waals surface area contributed by atoms with Gasteiger partial charge in [0.1, 0.15) is 6.04 Å². The van der Waals surface area contributed by atoms with Crippen molar-refractivity contribution in [3.63, 3.8) is 0 Å². The first kappa shape index (κ1) is 15.0.